The van der Waals surface area contributed by atoms with Crippen molar-refractivity contribution >= 4 is 43.1 Å². The monoisotopic (exact) mass is 622 g/mol. The average Bonchev–Trinajstić information content (AvgIpc) is 3.37. The van der Waals surface area contributed by atoms with Gasteiger partial charge in [-0.15, -0.1) is 0 Å². The van der Waals surface area contributed by atoms with Crippen molar-refractivity contribution in [3.63, 3.8) is 0 Å². The summed E-state index contributed by atoms with van der Waals surface area (Å²) in [6.45, 7) is 4.77. The van der Waals surface area contributed by atoms with E-state index in [9.17, 15) is 0 Å². The first-order valence-corrected chi connectivity index (χ1v) is 17.3. The summed E-state index contributed by atoms with van der Waals surface area (Å²) >= 11 is 0. The zero-order valence-electron chi connectivity index (χ0n) is 27.7. The highest BCUT2D eigenvalue weighted by Gasteiger charge is 2.36. The summed E-state index contributed by atoms with van der Waals surface area (Å²) < 4.78 is 0. The third-order valence-electron chi connectivity index (χ3n) is 11.0. The summed E-state index contributed by atoms with van der Waals surface area (Å²) in [5, 5.41) is 10.3. The lowest BCUT2D eigenvalue weighted by atomic mass is 9.81. The first-order valence-electron chi connectivity index (χ1n) is 17.3. The van der Waals surface area contributed by atoms with E-state index in [1.54, 1.807) is 0 Å². The Kier molecular flexibility index (Phi) is 6.02. The second kappa shape index (κ2) is 10.5. The van der Waals surface area contributed by atoms with Crippen molar-refractivity contribution in [1.29, 1.82) is 0 Å². The van der Waals surface area contributed by atoms with Gasteiger partial charge in [-0.3, -0.25) is 0 Å². The lowest BCUT2D eigenvalue weighted by Crippen LogP contribution is -2.15. The van der Waals surface area contributed by atoms with Crippen molar-refractivity contribution in [3.8, 4) is 44.5 Å². The standard InChI is InChI=1S/C49H34/c1-49(2)46-30-35(21-22-42(46)45-27-33-15-6-7-16-34(33)29-47(45)49)38-24-37(31-12-4-3-5-13-31)25-39(26-38)48-41-19-11-9-17-36(41)28-44-40-18-10-8-14-32(40)20-23-43(44)48/h3-30H,1-2H3. The Morgan fingerprint density at radius 3 is 1.71 bits per heavy atom. The second-order valence-electron chi connectivity index (χ2n) is 14.1. The topological polar surface area (TPSA) is 0 Å². The van der Waals surface area contributed by atoms with Crippen molar-refractivity contribution in [2.75, 3.05) is 0 Å². The Morgan fingerprint density at radius 2 is 0.918 bits per heavy atom. The molecule has 0 N–H and O–H groups in total. The lowest BCUT2D eigenvalue weighted by molar-refractivity contribution is 0.661. The van der Waals surface area contributed by atoms with E-state index in [-0.39, 0.29) is 5.41 Å². The second-order valence-corrected chi connectivity index (χ2v) is 14.1. The molecule has 0 saturated heterocycles. The van der Waals surface area contributed by atoms with Crippen LogP contribution in [0.3, 0.4) is 0 Å². The van der Waals surface area contributed by atoms with Crippen molar-refractivity contribution < 1.29 is 0 Å². The molecule has 0 bridgehead atoms. The maximum absolute atomic E-state index is 2.46. The summed E-state index contributed by atoms with van der Waals surface area (Å²) in [4.78, 5) is 0. The summed E-state index contributed by atoms with van der Waals surface area (Å²) in [5.41, 5.74) is 12.9. The van der Waals surface area contributed by atoms with Gasteiger partial charge >= 0.3 is 0 Å². The number of benzene rings is 9. The lowest BCUT2D eigenvalue weighted by Gasteiger charge is -2.22. The third-order valence-corrected chi connectivity index (χ3v) is 11.0. The quantitative estimate of drug-likeness (QED) is 0.136. The molecule has 0 fully saturated rings. The third kappa shape index (κ3) is 4.31. The molecule has 10 rings (SSSR count). The predicted molar refractivity (Wildman–Crippen MR) is 210 cm³/mol. The molecule has 1 aliphatic carbocycles. The molecule has 0 heteroatoms. The maximum Gasteiger partial charge on any atom is 0.0159 e. The van der Waals surface area contributed by atoms with Gasteiger partial charge in [0.25, 0.3) is 0 Å². The van der Waals surface area contributed by atoms with E-state index >= 15 is 0 Å². The molecule has 0 heterocycles. The molecule has 1 aliphatic rings. The molecule has 9 aromatic rings. The minimum Gasteiger partial charge on any atom is -0.0622 e. The van der Waals surface area contributed by atoms with Gasteiger partial charge in [0.2, 0.25) is 0 Å². The molecule has 0 amide bonds. The maximum atomic E-state index is 2.46. The Morgan fingerprint density at radius 1 is 0.306 bits per heavy atom. The van der Waals surface area contributed by atoms with E-state index in [4.69, 9.17) is 0 Å². The molecule has 49 heavy (non-hydrogen) atoms. The fourth-order valence-corrected chi connectivity index (χ4v) is 8.47. The molecule has 0 spiro atoms. The van der Waals surface area contributed by atoms with Crippen LogP contribution in [-0.2, 0) is 5.41 Å². The Balaban J connectivity index is 1.23. The number of fused-ring (bicyclic) bond motifs is 8. The van der Waals surface area contributed by atoms with Gasteiger partial charge in [0.15, 0.2) is 0 Å². The van der Waals surface area contributed by atoms with E-state index in [2.05, 4.69) is 184 Å². The zero-order chi connectivity index (χ0) is 32.7. The highest BCUT2D eigenvalue weighted by Crippen LogP contribution is 2.51. The molecule has 0 aromatic heterocycles. The van der Waals surface area contributed by atoms with Gasteiger partial charge in [0, 0.05) is 5.41 Å². The van der Waals surface area contributed by atoms with Crippen LogP contribution in [-0.4, -0.2) is 0 Å². The fourth-order valence-electron chi connectivity index (χ4n) is 8.47. The Labute approximate surface area is 286 Å². The van der Waals surface area contributed by atoms with Crippen LogP contribution in [0.4, 0.5) is 0 Å². The number of hydrogen-bond acceptors (Lipinski definition) is 0. The highest BCUT2D eigenvalue weighted by molar-refractivity contribution is 6.20. The largest absolute Gasteiger partial charge is 0.0622 e. The molecule has 0 atom stereocenters. The van der Waals surface area contributed by atoms with Gasteiger partial charge in [-0.05, 0) is 141 Å². The Hall–Kier alpha value is -5.98. The smallest absolute Gasteiger partial charge is 0.0159 e. The van der Waals surface area contributed by atoms with E-state index in [0.717, 1.165) is 0 Å². The van der Waals surface area contributed by atoms with Gasteiger partial charge in [0.05, 0.1) is 0 Å². The minimum absolute atomic E-state index is 0.0997. The summed E-state index contributed by atoms with van der Waals surface area (Å²) in [6, 6.07) is 63.3. The van der Waals surface area contributed by atoms with E-state index in [1.165, 1.54) is 98.7 Å². The summed E-state index contributed by atoms with van der Waals surface area (Å²) in [7, 11) is 0. The SMILES string of the molecule is CC1(C)c2cc(-c3cc(-c4ccccc4)cc(-c4c5ccccc5cc5c4ccc4ccccc45)c3)ccc2-c2cc3ccccc3cc21. The number of rotatable bonds is 3. The molecular weight excluding hydrogens is 589 g/mol. The molecule has 0 saturated carbocycles. The van der Waals surface area contributed by atoms with Crippen molar-refractivity contribution in [2.45, 2.75) is 19.3 Å². The van der Waals surface area contributed by atoms with Crippen LogP contribution in [0.5, 0.6) is 0 Å². The van der Waals surface area contributed by atoms with Gasteiger partial charge in [-0.2, -0.15) is 0 Å². The van der Waals surface area contributed by atoms with Crippen molar-refractivity contribution in [2.24, 2.45) is 0 Å². The summed E-state index contributed by atoms with van der Waals surface area (Å²) in [5.74, 6) is 0. The predicted octanol–water partition coefficient (Wildman–Crippen LogP) is 13.6. The number of hydrogen-bond donors (Lipinski definition) is 0. The van der Waals surface area contributed by atoms with E-state index in [1.807, 2.05) is 0 Å². The van der Waals surface area contributed by atoms with Crippen LogP contribution in [0.15, 0.2) is 170 Å². The molecule has 0 aliphatic heterocycles. The normalized spacial score (nSPS) is 13.3. The molecular formula is C49H34. The van der Waals surface area contributed by atoms with Crippen molar-refractivity contribution in [1.82, 2.24) is 0 Å². The highest BCUT2D eigenvalue weighted by atomic mass is 14.4. The van der Waals surface area contributed by atoms with Gasteiger partial charge in [-0.25, -0.2) is 0 Å². The minimum atomic E-state index is -0.0997. The molecule has 0 unspecified atom stereocenters. The summed E-state index contributed by atoms with van der Waals surface area (Å²) in [6.07, 6.45) is 0. The molecule has 0 nitrogen and oxygen atoms in total. The van der Waals surface area contributed by atoms with Gasteiger partial charge < -0.3 is 0 Å². The molecule has 230 valence electrons. The average molecular weight is 623 g/mol. The van der Waals surface area contributed by atoms with Gasteiger partial charge in [0.1, 0.15) is 0 Å². The fraction of sp³-hybridized carbons (Fsp3) is 0.0612. The Bertz CT molecular complexity index is 2780. The zero-order valence-corrected chi connectivity index (χ0v) is 27.7. The van der Waals surface area contributed by atoms with Crippen LogP contribution in [0.1, 0.15) is 25.0 Å². The van der Waals surface area contributed by atoms with Crippen LogP contribution in [0.25, 0.3) is 87.6 Å². The van der Waals surface area contributed by atoms with Gasteiger partial charge in [-0.1, -0.05) is 141 Å². The first kappa shape index (κ1) is 28.1. The van der Waals surface area contributed by atoms with Crippen LogP contribution < -0.4 is 0 Å². The first-order chi connectivity index (χ1) is 24.0. The van der Waals surface area contributed by atoms with Crippen LogP contribution in [0, 0.1) is 0 Å². The van der Waals surface area contributed by atoms with E-state index < -0.39 is 0 Å². The van der Waals surface area contributed by atoms with E-state index in [0.29, 0.717) is 0 Å². The van der Waals surface area contributed by atoms with Crippen LogP contribution >= 0.6 is 0 Å². The van der Waals surface area contributed by atoms with Crippen molar-refractivity contribution in [3.05, 3.63) is 181 Å². The molecule has 0 radical (unpaired) electrons. The van der Waals surface area contributed by atoms with Crippen LogP contribution in [0.2, 0.25) is 0 Å². The molecule has 9 aromatic carbocycles.